The van der Waals surface area contributed by atoms with Gasteiger partial charge in [-0.15, -0.1) is 0 Å². The minimum Gasteiger partial charge on any atom is -0.396 e. The van der Waals surface area contributed by atoms with Crippen LogP contribution in [0.3, 0.4) is 0 Å². The molecule has 0 saturated carbocycles. The van der Waals surface area contributed by atoms with Crippen LogP contribution in [0.5, 0.6) is 0 Å². The Morgan fingerprint density at radius 1 is 1.71 bits per heavy atom. The number of aryl methyl sites for hydroxylation is 2. The van der Waals surface area contributed by atoms with Crippen molar-refractivity contribution in [3.05, 3.63) is 17.5 Å². The van der Waals surface area contributed by atoms with Crippen molar-refractivity contribution < 1.29 is 9.84 Å². The van der Waals surface area contributed by atoms with Gasteiger partial charge in [-0.1, -0.05) is 0 Å². The lowest BCUT2D eigenvalue weighted by Crippen LogP contribution is -2.11. The number of hydrogen-bond donors (Lipinski definition) is 1. The highest BCUT2D eigenvalue weighted by Gasteiger charge is 2.31. The predicted octanol–water partition coefficient (Wildman–Crippen LogP) is 0.798. The molecular formula is C10H16N2O2. The Morgan fingerprint density at radius 3 is 3.07 bits per heavy atom. The molecule has 0 spiro atoms. The van der Waals surface area contributed by atoms with Crippen LogP contribution in [-0.4, -0.2) is 28.1 Å². The third-order valence-electron chi connectivity index (χ3n) is 2.81. The number of nitrogens with zero attached hydrogens (tertiary/aromatic N) is 2. The van der Waals surface area contributed by atoms with Gasteiger partial charge in [0.1, 0.15) is 0 Å². The molecule has 0 aromatic carbocycles. The maximum Gasteiger partial charge on any atom is 0.0908 e. The SMILES string of the molecule is Cc1nn(C)cc1C1OCCC1CO. The van der Waals surface area contributed by atoms with Crippen LogP contribution in [0, 0.1) is 12.8 Å². The predicted molar refractivity (Wildman–Crippen MR) is 51.8 cm³/mol. The van der Waals surface area contributed by atoms with Gasteiger partial charge in [0, 0.05) is 37.9 Å². The Bertz CT molecular complexity index is 322. The van der Waals surface area contributed by atoms with Crippen molar-refractivity contribution >= 4 is 0 Å². The summed E-state index contributed by atoms with van der Waals surface area (Å²) < 4.78 is 7.42. The van der Waals surface area contributed by atoms with E-state index >= 15 is 0 Å². The molecule has 0 amide bonds. The van der Waals surface area contributed by atoms with Gasteiger partial charge >= 0.3 is 0 Å². The van der Waals surface area contributed by atoms with E-state index in [1.165, 1.54) is 0 Å². The summed E-state index contributed by atoms with van der Waals surface area (Å²) in [7, 11) is 1.90. The first-order chi connectivity index (χ1) is 6.72. The number of aromatic nitrogens is 2. The van der Waals surface area contributed by atoms with E-state index < -0.39 is 0 Å². The second-order valence-corrected chi connectivity index (χ2v) is 3.87. The standard InChI is InChI=1S/C10H16N2O2/c1-7-9(5-12(2)11-7)10-8(6-13)3-4-14-10/h5,8,10,13H,3-4,6H2,1-2H3. The molecule has 1 aliphatic rings. The molecule has 1 aromatic heterocycles. The third kappa shape index (κ3) is 1.55. The van der Waals surface area contributed by atoms with Crippen molar-refractivity contribution in [2.45, 2.75) is 19.4 Å². The minimum atomic E-state index is 0.0358. The van der Waals surface area contributed by atoms with Crippen molar-refractivity contribution in [2.24, 2.45) is 13.0 Å². The maximum atomic E-state index is 9.19. The molecule has 14 heavy (non-hydrogen) atoms. The second kappa shape index (κ2) is 3.71. The second-order valence-electron chi connectivity index (χ2n) is 3.87. The number of hydrogen-bond acceptors (Lipinski definition) is 3. The van der Waals surface area contributed by atoms with E-state index in [0.717, 1.165) is 24.3 Å². The molecule has 0 aliphatic carbocycles. The van der Waals surface area contributed by atoms with Crippen LogP contribution < -0.4 is 0 Å². The average molecular weight is 196 g/mol. The van der Waals surface area contributed by atoms with Gasteiger partial charge < -0.3 is 9.84 Å². The Labute approximate surface area is 83.5 Å². The van der Waals surface area contributed by atoms with Crippen molar-refractivity contribution in [1.29, 1.82) is 0 Å². The van der Waals surface area contributed by atoms with Gasteiger partial charge in [-0.05, 0) is 13.3 Å². The van der Waals surface area contributed by atoms with Gasteiger partial charge in [0.05, 0.1) is 11.8 Å². The molecule has 1 aliphatic heterocycles. The summed E-state index contributed by atoms with van der Waals surface area (Å²) >= 11 is 0. The molecule has 2 heterocycles. The number of aliphatic hydroxyl groups excluding tert-OH is 1. The average Bonchev–Trinajstić information content (AvgIpc) is 2.71. The van der Waals surface area contributed by atoms with Gasteiger partial charge in [-0.3, -0.25) is 4.68 Å². The number of aliphatic hydroxyl groups is 1. The van der Waals surface area contributed by atoms with Gasteiger partial charge in [-0.25, -0.2) is 0 Å². The minimum absolute atomic E-state index is 0.0358. The molecule has 1 saturated heterocycles. The van der Waals surface area contributed by atoms with Crippen LogP contribution in [-0.2, 0) is 11.8 Å². The van der Waals surface area contributed by atoms with Crippen LogP contribution in [0.1, 0.15) is 23.8 Å². The van der Waals surface area contributed by atoms with Crippen LogP contribution in [0.4, 0.5) is 0 Å². The monoisotopic (exact) mass is 196 g/mol. The summed E-state index contributed by atoms with van der Waals surface area (Å²) in [5, 5.41) is 13.5. The zero-order valence-corrected chi connectivity index (χ0v) is 8.60. The molecule has 1 fully saturated rings. The Kier molecular flexibility index (Phi) is 2.56. The summed E-state index contributed by atoms with van der Waals surface area (Å²) in [4.78, 5) is 0. The lowest BCUT2D eigenvalue weighted by Gasteiger charge is -2.15. The van der Waals surface area contributed by atoms with E-state index in [1.54, 1.807) is 4.68 Å². The summed E-state index contributed by atoms with van der Waals surface area (Å²) in [6, 6.07) is 0. The highest BCUT2D eigenvalue weighted by Crippen LogP contribution is 2.35. The van der Waals surface area contributed by atoms with E-state index in [2.05, 4.69) is 5.10 Å². The molecule has 1 aromatic rings. The summed E-state index contributed by atoms with van der Waals surface area (Å²) in [5.74, 6) is 0.234. The first kappa shape index (κ1) is 9.68. The fourth-order valence-corrected chi connectivity index (χ4v) is 2.06. The molecule has 4 heteroatoms. The molecule has 0 bridgehead atoms. The van der Waals surface area contributed by atoms with Crippen LogP contribution in [0.15, 0.2) is 6.20 Å². The first-order valence-electron chi connectivity index (χ1n) is 4.95. The molecule has 4 nitrogen and oxygen atoms in total. The summed E-state index contributed by atoms with van der Waals surface area (Å²) in [5.41, 5.74) is 2.11. The summed E-state index contributed by atoms with van der Waals surface area (Å²) in [6.45, 7) is 2.91. The van der Waals surface area contributed by atoms with Crippen LogP contribution >= 0.6 is 0 Å². The maximum absolute atomic E-state index is 9.19. The largest absolute Gasteiger partial charge is 0.396 e. The van der Waals surface area contributed by atoms with Crippen molar-refractivity contribution in [3.8, 4) is 0 Å². The zero-order chi connectivity index (χ0) is 10.1. The molecular weight excluding hydrogens is 180 g/mol. The molecule has 2 unspecified atom stereocenters. The van der Waals surface area contributed by atoms with E-state index in [-0.39, 0.29) is 18.6 Å². The Hall–Kier alpha value is -0.870. The summed E-state index contributed by atoms with van der Waals surface area (Å²) in [6.07, 6.45) is 2.96. The van der Waals surface area contributed by atoms with Gasteiger partial charge in [0.15, 0.2) is 0 Å². The molecule has 2 rings (SSSR count). The third-order valence-corrected chi connectivity index (χ3v) is 2.81. The van der Waals surface area contributed by atoms with E-state index in [0.29, 0.717) is 0 Å². The normalized spacial score (nSPS) is 27.1. The van der Waals surface area contributed by atoms with Crippen LogP contribution in [0.2, 0.25) is 0 Å². The number of rotatable bonds is 2. The zero-order valence-electron chi connectivity index (χ0n) is 8.60. The van der Waals surface area contributed by atoms with Gasteiger partial charge in [0.25, 0.3) is 0 Å². The van der Waals surface area contributed by atoms with Gasteiger partial charge in [-0.2, -0.15) is 5.10 Å². The van der Waals surface area contributed by atoms with Gasteiger partial charge in [0.2, 0.25) is 0 Å². The topological polar surface area (TPSA) is 47.3 Å². The molecule has 1 N–H and O–H groups in total. The van der Waals surface area contributed by atoms with E-state index in [9.17, 15) is 5.11 Å². The highest BCUT2D eigenvalue weighted by atomic mass is 16.5. The fourth-order valence-electron chi connectivity index (χ4n) is 2.06. The fraction of sp³-hybridized carbons (Fsp3) is 0.700. The molecule has 2 atom stereocenters. The Balaban J connectivity index is 2.25. The van der Waals surface area contributed by atoms with Crippen molar-refractivity contribution in [1.82, 2.24) is 9.78 Å². The van der Waals surface area contributed by atoms with E-state index in [4.69, 9.17) is 4.74 Å². The Morgan fingerprint density at radius 2 is 2.50 bits per heavy atom. The smallest absolute Gasteiger partial charge is 0.0908 e. The first-order valence-corrected chi connectivity index (χ1v) is 4.95. The quantitative estimate of drug-likeness (QED) is 0.761. The van der Waals surface area contributed by atoms with Crippen LogP contribution in [0.25, 0.3) is 0 Å². The van der Waals surface area contributed by atoms with Crippen molar-refractivity contribution in [2.75, 3.05) is 13.2 Å². The lowest BCUT2D eigenvalue weighted by molar-refractivity contribution is 0.0716. The van der Waals surface area contributed by atoms with E-state index in [1.807, 2.05) is 20.2 Å². The highest BCUT2D eigenvalue weighted by molar-refractivity contribution is 5.20. The number of ether oxygens (including phenoxy) is 1. The molecule has 0 radical (unpaired) electrons. The molecule has 78 valence electrons. The van der Waals surface area contributed by atoms with Crippen molar-refractivity contribution in [3.63, 3.8) is 0 Å². The lowest BCUT2D eigenvalue weighted by atomic mass is 9.97.